The van der Waals surface area contributed by atoms with Gasteiger partial charge in [0, 0.05) is 37.2 Å². The number of aromatic hydroxyl groups is 1. The summed E-state index contributed by atoms with van der Waals surface area (Å²) in [6.45, 7) is 5.23. The first-order valence-corrected chi connectivity index (χ1v) is 11.8. The Hall–Kier alpha value is -3.71. The second kappa shape index (κ2) is 10.7. The molecule has 1 aliphatic rings. The van der Waals surface area contributed by atoms with Gasteiger partial charge in [0.2, 0.25) is 0 Å². The van der Waals surface area contributed by atoms with E-state index in [1.54, 1.807) is 36.4 Å². The topological polar surface area (TPSA) is 72.9 Å². The summed E-state index contributed by atoms with van der Waals surface area (Å²) in [7, 11) is 2.05. The molecule has 0 aliphatic carbocycles. The number of carbonyl (C=O) groups is 2. The van der Waals surface area contributed by atoms with Crippen LogP contribution < -0.4 is 10.2 Å². The molecule has 0 aromatic heterocycles. The number of likely N-dealkylation sites (N-methyl/N-ethyl adjacent to an activating group) is 1. The molecule has 182 valence electrons. The predicted molar refractivity (Wildman–Crippen MR) is 136 cm³/mol. The van der Waals surface area contributed by atoms with Crippen molar-refractivity contribution in [1.82, 2.24) is 4.90 Å². The molecule has 1 amide bonds. The third-order valence-corrected chi connectivity index (χ3v) is 6.36. The van der Waals surface area contributed by atoms with Gasteiger partial charge in [-0.2, -0.15) is 0 Å². The average Bonchev–Trinajstić information content (AvgIpc) is 3.05. The summed E-state index contributed by atoms with van der Waals surface area (Å²) in [6, 6.07) is 16.4. The number of phenolic OH excluding ortho intramolecular Hbond substituents is 1. The van der Waals surface area contributed by atoms with Crippen LogP contribution in [-0.2, 0) is 6.42 Å². The molecule has 3 aromatic rings. The van der Waals surface area contributed by atoms with Crippen LogP contribution in [0.3, 0.4) is 0 Å². The summed E-state index contributed by atoms with van der Waals surface area (Å²) < 4.78 is 15.0. The van der Waals surface area contributed by atoms with Gasteiger partial charge in [-0.1, -0.05) is 42.0 Å². The standard InChI is InChI=1S/C28H30FN3O3/c1-19-7-9-20(10-8-19)26(34)18-21-5-3-6-25(33)27(21)30-28(35)22-11-12-24(23(29)17-22)32-14-4-13-31(2)15-16-32/h3,5-12,17,33H,4,13-16,18H2,1-2H3,(H,30,35). The second-order valence-electron chi connectivity index (χ2n) is 9.04. The number of phenols is 1. The predicted octanol–water partition coefficient (Wildman–Crippen LogP) is 4.66. The van der Waals surface area contributed by atoms with Crippen molar-refractivity contribution in [2.75, 3.05) is 43.4 Å². The molecule has 1 heterocycles. The van der Waals surface area contributed by atoms with Gasteiger partial charge in [-0.15, -0.1) is 0 Å². The zero-order valence-electron chi connectivity index (χ0n) is 20.1. The fourth-order valence-electron chi connectivity index (χ4n) is 4.27. The largest absolute Gasteiger partial charge is 0.506 e. The van der Waals surface area contributed by atoms with Gasteiger partial charge >= 0.3 is 0 Å². The zero-order chi connectivity index (χ0) is 24.9. The van der Waals surface area contributed by atoms with E-state index in [1.807, 2.05) is 24.0 Å². The number of amides is 1. The van der Waals surface area contributed by atoms with Gasteiger partial charge in [-0.05, 0) is 56.8 Å². The minimum atomic E-state index is -0.559. The maximum atomic E-state index is 15.0. The Morgan fingerprint density at radius 2 is 1.71 bits per heavy atom. The van der Waals surface area contributed by atoms with Gasteiger partial charge in [-0.25, -0.2) is 4.39 Å². The number of rotatable bonds is 6. The Kier molecular flexibility index (Phi) is 7.46. The maximum absolute atomic E-state index is 15.0. The quantitative estimate of drug-likeness (QED) is 0.401. The van der Waals surface area contributed by atoms with Crippen LogP contribution in [0.25, 0.3) is 0 Å². The SMILES string of the molecule is Cc1ccc(C(=O)Cc2cccc(O)c2NC(=O)c2ccc(N3CCCN(C)CC3)c(F)c2)cc1. The normalized spacial score (nSPS) is 14.4. The summed E-state index contributed by atoms with van der Waals surface area (Å²) in [5, 5.41) is 13.1. The number of Topliss-reactive ketones (excluding diaryl/α,β-unsaturated/α-hetero) is 1. The number of hydrogen-bond acceptors (Lipinski definition) is 5. The molecule has 1 aliphatic heterocycles. The van der Waals surface area contributed by atoms with E-state index in [0.29, 0.717) is 16.8 Å². The van der Waals surface area contributed by atoms with Crippen LogP contribution in [0.4, 0.5) is 15.8 Å². The second-order valence-corrected chi connectivity index (χ2v) is 9.04. The van der Waals surface area contributed by atoms with Crippen molar-refractivity contribution in [3.05, 3.63) is 88.7 Å². The Labute approximate surface area is 205 Å². The lowest BCUT2D eigenvalue weighted by molar-refractivity contribution is 0.0988. The highest BCUT2D eigenvalue weighted by molar-refractivity contribution is 6.06. The maximum Gasteiger partial charge on any atom is 0.255 e. The third kappa shape index (κ3) is 5.87. The van der Waals surface area contributed by atoms with Crippen LogP contribution in [0.5, 0.6) is 5.75 Å². The van der Waals surface area contributed by atoms with E-state index in [2.05, 4.69) is 17.3 Å². The number of nitrogens with one attached hydrogen (secondary N) is 1. The molecule has 1 saturated heterocycles. The monoisotopic (exact) mass is 475 g/mol. The van der Waals surface area contributed by atoms with E-state index >= 15 is 0 Å². The Bertz CT molecular complexity index is 1230. The fourth-order valence-corrected chi connectivity index (χ4v) is 4.27. The van der Waals surface area contributed by atoms with Crippen molar-refractivity contribution in [1.29, 1.82) is 0 Å². The van der Waals surface area contributed by atoms with Gasteiger partial charge in [0.1, 0.15) is 11.6 Å². The smallest absolute Gasteiger partial charge is 0.255 e. The zero-order valence-corrected chi connectivity index (χ0v) is 20.1. The van der Waals surface area contributed by atoms with Crippen LogP contribution in [0.1, 0.15) is 38.3 Å². The Morgan fingerprint density at radius 1 is 0.971 bits per heavy atom. The molecule has 1 fully saturated rings. The van der Waals surface area contributed by atoms with E-state index in [1.165, 1.54) is 12.1 Å². The summed E-state index contributed by atoms with van der Waals surface area (Å²) in [5.41, 5.74) is 2.84. The molecule has 35 heavy (non-hydrogen) atoms. The molecule has 2 N–H and O–H groups in total. The summed E-state index contributed by atoms with van der Waals surface area (Å²) in [5.74, 6) is -1.31. The van der Waals surface area contributed by atoms with Crippen LogP contribution >= 0.6 is 0 Å². The average molecular weight is 476 g/mol. The molecule has 0 unspecified atom stereocenters. The molecule has 0 radical (unpaired) electrons. The van der Waals surface area contributed by atoms with Gasteiger partial charge < -0.3 is 20.2 Å². The molecule has 3 aromatic carbocycles. The minimum absolute atomic E-state index is 0.00375. The molecular weight excluding hydrogens is 445 g/mol. The lowest BCUT2D eigenvalue weighted by Gasteiger charge is -2.23. The van der Waals surface area contributed by atoms with Gasteiger partial charge in [0.05, 0.1) is 11.4 Å². The van der Waals surface area contributed by atoms with E-state index in [0.717, 1.165) is 38.2 Å². The molecular formula is C28H30FN3O3. The van der Waals surface area contributed by atoms with Crippen molar-refractivity contribution in [3.8, 4) is 5.75 Å². The van der Waals surface area contributed by atoms with Gasteiger partial charge in [0.25, 0.3) is 5.91 Å². The third-order valence-electron chi connectivity index (χ3n) is 6.36. The van der Waals surface area contributed by atoms with Crippen LogP contribution in [0.2, 0.25) is 0 Å². The summed E-state index contributed by atoms with van der Waals surface area (Å²) >= 11 is 0. The number of benzene rings is 3. The van der Waals surface area contributed by atoms with E-state index in [9.17, 15) is 19.1 Å². The summed E-state index contributed by atoms with van der Waals surface area (Å²) in [4.78, 5) is 29.9. The Balaban J connectivity index is 1.51. The van der Waals surface area contributed by atoms with Crippen LogP contribution in [0.15, 0.2) is 60.7 Å². The molecule has 7 heteroatoms. The minimum Gasteiger partial charge on any atom is -0.506 e. The first kappa shape index (κ1) is 24.4. The number of ketones is 1. The van der Waals surface area contributed by atoms with Crippen molar-refractivity contribution < 1.29 is 19.1 Å². The highest BCUT2D eigenvalue weighted by Crippen LogP contribution is 2.30. The molecule has 0 spiro atoms. The van der Waals surface area contributed by atoms with Crippen LogP contribution in [0, 0.1) is 12.7 Å². The summed E-state index contributed by atoms with van der Waals surface area (Å²) in [6.07, 6.45) is 0.944. The first-order chi connectivity index (χ1) is 16.8. The fraction of sp³-hybridized carbons (Fsp3) is 0.286. The molecule has 0 bridgehead atoms. The number of hydrogen-bond donors (Lipinski definition) is 2. The van der Waals surface area contributed by atoms with Crippen molar-refractivity contribution in [2.24, 2.45) is 0 Å². The van der Waals surface area contributed by atoms with Crippen LogP contribution in [-0.4, -0.2) is 54.9 Å². The molecule has 4 rings (SSSR count). The number of carbonyl (C=O) groups excluding carboxylic acids is 2. The Morgan fingerprint density at radius 3 is 2.46 bits per heavy atom. The van der Waals surface area contributed by atoms with E-state index in [4.69, 9.17) is 0 Å². The van der Waals surface area contributed by atoms with Gasteiger partial charge in [0.15, 0.2) is 5.78 Å². The number of para-hydroxylation sites is 1. The first-order valence-electron chi connectivity index (χ1n) is 11.8. The lowest BCUT2D eigenvalue weighted by atomic mass is 10.00. The van der Waals surface area contributed by atoms with Gasteiger partial charge in [-0.3, -0.25) is 9.59 Å². The molecule has 0 atom stereocenters. The molecule has 0 saturated carbocycles. The number of nitrogens with zero attached hydrogens (tertiary/aromatic N) is 2. The lowest BCUT2D eigenvalue weighted by Crippen LogP contribution is -2.29. The number of halogens is 1. The molecule has 6 nitrogen and oxygen atoms in total. The van der Waals surface area contributed by atoms with E-state index in [-0.39, 0.29) is 29.2 Å². The number of aryl methyl sites for hydroxylation is 1. The van der Waals surface area contributed by atoms with Crippen molar-refractivity contribution in [3.63, 3.8) is 0 Å². The number of anilines is 2. The highest BCUT2D eigenvalue weighted by atomic mass is 19.1. The highest BCUT2D eigenvalue weighted by Gasteiger charge is 2.20. The van der Waals surface area contributed by atoms with E-state index < -0.39 is 11.7 Å². The van der Waals surface area contributed by atoms with Crippen molar-refractivity contribution in [2.45, 2.75) is 19.8 Å². The van der Waals surface area contributed by atoms with Crippen molar-refractivity contribution >= 4 is 23.1 Å².